The third-order valence-corrected chi connectivity index (χ3v) is 1.21. The molecule has 0 aliphatic rings. The van der Waals surface area contributed by atoms with Crippen molar-refractivity contribution in [3.05, 3.63) is 28.0 Å². The van der Waals surface area contributed by atoms with Crippen molar-refractivity contribution in [2.45, 2.75) is 6.92 Å². The Kier molecular flexibility index (Phi) is 2.95. The number of hydrazone groups is 1. The Hall–Kier alpha value is -2.18. The van der Waals surface area contributed by atoms with Crippen molar-refractivity contribution in [2.75, 3.05) is 0 Å². The van der Waals surface area contributed by atoms with E-state index in [1.54, 1.807) is 0 Å². The van der Waals surface area contributed by atoms with Crippen molar-refractivity contribution in [2.24, 2.45) is 5.10 Å². The maximum Gasteiger partial charge on any atom is 0.433 e. The number of amides is 1. The fraction of sp³-hybridized carbons (Fsp3) is 0.143. The van der Waals surface area contributed by atoms with Crippen LogP contribution >= 0.6 is 0 Å². The fourth-order valence-electron chi connectivity index (χ4n) is 0.697. The van der Waals surface area contributed by atoms with Crippen molar-refractivity contribution >= 4 is 18.0 Å². The fourth-order valence-corrected chi connectivity index (χ4v) is 0.697. The molecule has 0 fully saturated rings. The van der Waals surface area contributed by atoms with E-state index in [0.717, 1.165) is 0 Å². The topological polar surface area (TPSA) is 97.7 Å². The molecule has 1 aromatic rings. The van der Waals surface area contributed by atoms with E-state index >= 15 is 0 Å². The predicted octanol–water partition coefficient (Wildman–Crippen LogP) is 0.658. The molecule has 0 unspecified atom stereocenters. The molecule has 0 aliphatic carbocycles. The molecule has 14 heavy (non-hydrogen) atoms. The van der Waals surface area contributed by atoms with Gasteiger partial charge in [0, 0.05) is 6.92 Å². The summed E-state index contributed by atoms with van der Waals surface area (Å²) < 4.78 is 4.73. The monoisotopic (exact) mass is 197 g/mol. The molecule has 0 saturated heterocycles. The second-order valence-electron chi connectivity index (χ2n) is 2.36. The van der Waals surface area contributed by atoms with Gasteiger partial charge in [-0.15, -0.1) is 0 Å². The molecule has 7 nitrogen and oxygen atoms in total. The van der Waals surface area contributed by atoms with Gasteiger partial charge in [-0.3, -0.25) is 14.9 Å². The van der Waals surface area contributed by atoms with Gasteiger partial charge in [0.05, 0.1) is 12.3 Å². The third kappa shape index (κ3) is 2.70. The molecule has 7 heteroatoms. The standard InChI is InChI=1S/C7H7N3O4/c1-5(11)9-8-4-6-2-3-7(14-6)10(12)13/h2-4H,1H3,(H,9,11)/b8-4-. The maximum atomic E-state index is 10.4. The molecule has 1 N–H and O–H groups in total. The van der Waals surface area contributed by atoms with Gasteiger partial charge in [-0.25, -0.2) is 5.43 Å². The highest BCUT2D eigenvalue weighted by atomic mass is 16.6. The lowest BCUT2D eigenvalue weighted by Gasteiger charge is -1.88. The van der Waals surface area contributed by atoms with Crippen LogP contribution in [0.5, 0.6) is 0 Å². The lowest BCUT2D eigenvalue weighted by atomic mass is 10.5. The predicted molar refractivity (Wildman–Crippen MR) is 46.8 cm³/mol. The number of furan rings is 1. The smallest absolute Gasteiger partial charge is 0.400 e. The molecule has 0 aromatic carbocycles. The van der Waals surface area contributed by atoms with Gasteiger partial charge < -0.3 is 4.42 Å². The number of carbonyl (C=O) groups excluding carboxylic acids is 1. The highest BCUT2D eigenvalue weighted by Gasteiger charge is 2.09. The average molecular weight is 197 g/mol. The molecule has 1 rings (SSSR count). The SMILES string of the molecule is CC(=O)N/N=C\c1ccc([N+](=O)[O-])o1. The molecule has 74 valence electrons. The molecule has 1 heterocycles. The molecule has 0 spiro atoms. The summed E-state index contributed by atoms with van der Waals surface area (Å²) in [5.74, 6) is -0.498. The van der Waals surface area contributed by atoms with Crippen LogP contribution < -0.4 is 5.43 Å². The first-order chi connectivity index (χ1) is 6.59. The van der Waals surface area contributed by atoms with Gasteiger partial charge in [0.2, 0.25) is 5.91 Å². The number of nitro groups is 1. The summed E-state index contributed by atoms with van der Waals surface area (Å²) in [5.41, 5.74) is 2.13. The number of nitrogens with zero attached hydrogens (tertiary/aromatic N) is 2. The molecule has 1 amide bonds. The van der Waals surface area contributed by atoms with Gasteiger partial charge in [0.15, 0.2) is 5.76 Å². The normalized spacial score (nSPS) is 10.4. The molecule has 0 saturated carbocycles. The Bertz CT molecular complexity index is 382. The number of hydrogen-bond donors (Lipinski definition) is 1. The first-order valence-electron chi connectivity index (χ1n) is 3.63. The Morgan fingerprint density at radius 2 is 2.43 bits per heavy atom. The molecule has 0 atom stereocenters. The second kappa shape index (κ2) is 4.17. The summed E-state index contributed by atoms with van der Waals surface area (Å²) in [5, 5.41) is 13.7. The third-order valence-electron chi connectivity index (χ3n) is 1.21. The van der Waals surface area contributed by atoms with Crippen LogP contribution in [-0.4, -0.2) is 17.0 Å². The Balaban J connectivity index is 2.64. The molecule has 0 aliphatic heterocycles. The number of rotatable bonds is 3. The van der Waals surface area contributed by atoms with Crippen LogP contribution in [0.4, 0.5) is 5.88 Å². The first kappa shape index (κ1) is 9.90. The van der Waals surface area contributed by atoms with E-state index in [-0.39, 0.29) is 17.6 Å². The summed E-state index contributed by atoms with van der Waals surface area (Å²) in [6.45, 7) is 1.29. The molecular formula is C7H7N3O4. The first-order valence-corrected chi connectivity index (χ1v) is 3.63. The Morgan fingerprint density at radius 1 is 1.71 bits per heavy atom. The highest BCUT2D eigenvalue weighted by Crippen LogP contribution is 2.13. The summed E-state index contributed by atoms with van der Waals surface area (Å²) in [7, 11) is 0. The number of carbonyl (C=O) groups is 1. The van der Waals surface area contributed by atoms with Crippen molar-refractivity contribution in [3.63, 3.8) is 0 Å². The molecule has 1 aromatic heterocycles. The van der Waals surface area contributed by atoms with Crippen molar-refractivity contribution in [1.29, 1.82) is 0 Å². The van der Waals surface area contributed by atoms with Crippen molar-refractivity contribution in [3.8, 4) is 0 Å². The summed E-state index contributed by atoms with van der Waals surface area (Å²) in [4.78, 5) is 19.9. The van der Waals surface area contributed by atoms with Gasteiger partial charge in [-0.1, -0.05) is 0 Å². The number of nitrogens with one attached hydrogen (secondary N) is 1. The van der Waals surface area contributed by atoms with Crippen molar-refractivity contribution in [1.82, 2.24) is 5.43 Å². The Labute approximate surface area is 78.6 Å². The van der Waals surface area contributed by atoms with E-state index in [2.05, 4.69) is 10.5 Å². The van der Waals surface area contributed by atoms with E-state index in [9.17, 15) is 14.9 Å². The van der Waals surface area contributed by atoms with Gasteiger partial charge in [-0.05, 0) is 6.07 Å². The minimum absolute atomic E-state index is 0.199. The van der Waals surface area contributed by atoms with Crippen LogP contribution in [0.3, 0.4) is 0 Å². The van der Waals surface area contributed by atoms with Crippen LogP contribution in [-0.2, 0) is 4.79 Å². The zero-order chi connectivity index (χ0) is 10.6. The summed E-state index contributed by atoms with van der Waals surface area (Å²) in [6, 6.07) is 2.58. The van der Waals surface area contributed by atoms with Gasteiger partial charge >= 0.3 is 5.88 Å². The van der Waals surface area contributed by atoms with E-state index in [1.165, 1.54) is 25.3 Å². The summed E-state index contributed by atoms with van der Waals surface area (Å²) in [6.07, 6.45) is 1.17. The molecule has 0 radical (unpaired) electrons. The van der Waals surface area contributed by atoms with Crippen LogP contribution in [0, 0.1) is 10.1 Å². The summed E-state index contributed by atoms with van der Waals surface area (Å²) >= 11 is 0. The van der Waals surface area contributed by atoms with Gasteiger partial charge in [0.1, 0.15) is 4.92 Å². The van der Waals surface area contributed by atoms with Crippen molar-refractivity contribution < 1.29 is 14.1 Å². The molecular weight excluding hydrogens is 190 g/mol. The minimum Gasteiger partial charge on any atom is -0.400 e. The van der Waals surface area contributed by atoms with Gasteiger partial charge in [0.25, 0.3) is 0 Å². The Morgan fingerprint density at radius 3 is 2.93 bits per heavy atom. The lowest BCUT2D eigenvalue weighted by Crippen LogP contribution is -2.12. The van der Waals surface area contributed by atoms with E-state index in [4.69, 9.17) is 4.42 Å². The molecule has 0 bridgehead atoms. The van der Waals surface area contributed by atoms with E-state index < -0.39 is 4.92 Å². The van der Waals surface area contributed by atoms with Crippen LogP contribution in [0.25, 0.3) is 0 Å². The highest BCUT2D eigenvalue weighted by molar-refractivity contribution is 5.79. The zero-order valence-corrected chi connectivity index (χ0v) is 7.26. The van der Waals surface area contributed by atoms with E-state index in [1.807, 2.05) is 0 Å². The second-order valence-corrected chi connectivity index (χ2v) is 2.36. The minimum atomic E-state index is -0.657. The largest absolute Gasteiger partial charge is 0.433 e. The quantitative estimate of drug-likeness (QED) is 0.437. The van der Waals surface area contributed by atoms with E-state index in [0.29, 0.717) is 0 Å². The zero-order valence-electron chi connectivity index (χ0n) is 7.26. The lowest BCUT2D eigenvalue weighted by molar-refractivity contribution is -0.402. The van der Waals surface area contributed by atoms with Crippen LogP contribution in [0.1, 0.15) is 12.7 Å². The number of hydrogen-bond acceptors (Lipinski definition) is 5. The average Bonchev–Trinajstić information content (AvgIpc) is 2.52. The van der Waals surface area contributed by atoms with Crippen LogP contribution in [0.2, 0.25) is 0 Å². The van der Waals surface area contributed by atoms with Crippen LogP contribution in [0.15, 0.2) is 21.7 Å². The maximum absolute atomic E-state index is 10.4. The van der Waals surface area contributed by atoms with Gasteiger partial charge in [-0.2, -0.15) is 5.10 Å².